The maximum Gasteiger partial charge on any atom is 0.231 e. The molecule has 2 aromatic rings. The molecule has 0 bridgehead atoms. The minimum Gasteiger partial charge on any atom is -0.496 e. The van der Waals surface area contributed by atoms with Crippen molar-refractivity contribution in [3.8, 4) is 5.75 Å². The fourth-order valence-electron chi connectivity index (χ4n) is 2.79. The largest absolute Gasteiger partial charge is 0.496 e. The monoisotopic (exact) mass is 282 g/mol. The predicted molar refractivity (Wildman–Crippen MR) is 83.6 cm³/mol. The summed E-state index contributed by atoms with van der Waals surface area (Å²) in [5.74, 6) is 0.839. The average molecular weight is 282 g/mol. The van der Waals surface area contributed by atoms with Gasteiger partial charge in [-0.1, -0.05) is 18.2 Å². The Hall–Kier alpha value is -2.49. The second-order valence-corrected chi connectivity index (χ2v) is 5.17. The van der Waals surface area contributed by atoms with Gasteiger partial charge in [0.2, 0.25) is 5.91 Å². The summed E-state index contributed by atoms with van der Waals surface area (Å²) in [6.07, 6.45) is 1.20. The first-order chi connectivity index (χ1) is 10.2. The summed E-state index contributed by atoms with van der Waals surface area (Å²) in [6.45, 7) is 0.715. The highest BCUT2D eigenvalue weighted by atomic mass is 16.5. The number of amides is 1. The van der Waals surface area contributed by atoms with Crippen LogP contribution >= 0.6 is 0 Å². The van der Waals surface area contributed by atoms with Crippen molar-refractivity contribution in [1.29, 1.82) is 0 Å². The number of para-hydroxylation sites is 1. The quantitative estimate of drug-likeness (QED) is 0.880. The van der Waals surface area contributed by atoms with E-state index in [0.717, 1.165) is 34.7 Å². The van der Waals surface area contributed by atoms with Crippen molar-refractivity contribution >= 4 is 17.3 Å². The molecule has 21 heavy (non-hydrogen) atoms. The SMILES string of the molecule is COc1ccccc1CC(=O)N1CCc2cc(N)ccc21. The second kappa shape index (κ2) is 5.48. The molecule has 4 nitrogen and oxygen atoms in total. The number of nitrogen functional groups attached to an aromatic ring is 1. The third-order valence-corrected chi connectivity index (χ3v) is 3.83. The van der Waals surface area contributed by atoms with Gasteiger partial charge in [-0.15, -0.1) is 0 Å². The van der Waals surface area contributed by atoms with Crippen LogP contribution < -0.4 is 15.4 Å². The lowest BCUT2D eigenvalue weighted by molar-refractivity contribution is -0.117. The zero-order valence-corrected chi connectivity index (χ0v) is 12.0. The predicted octanol–water partition coefficient (Wildman–Crippen LogP) is 2.41. The fourth-order valence-corrected chi connectivity index (χ4v) is 2.79. The fraction of sp³-hybridized carbons (Fsp3) is 0.235. The molecule has 0 fully saturated rings. The number of hydrogen-bond acceptors (Lipinski definition) is 3. The van der Waals surface area contributed by atoms with Gasteiger partial charge in [-0.2, -0.15) is 0 Å². The number of rotatable bonds is 3. The van der Waals surface area contributed by atoms with Crippen molar-refractivity contribution in [1.82, 2.24) is 0 Å². The lowest BCUT2D eigenvalue weighted by Crippen LogP contribution is -2.30. The van der Waals surface area contributed by atoms with Crippen LogP contribution in [0.3, 0.4) is 0 Å². The maximum absolute atomic E-state index is 12.6. The van der Waals surface area contributed by atoms with E-state index in [1.54, 1.807) is 7.11 Å². The number of carbonyl (C=O) groups is 1. The zero-order valence-electron chi connectivity index (χ0n) is 12.0. The first-order valence-electron chi connectivity index (χ1n) is 6.99. The Morgan fingerprint density at radius 2 is 2.10 bits per heavy atom. The number of nitrogens with two attached hydrogens (primary N) is 1. The zero-order chi connectivity index (χ0) is 14.8. The molecule has 0 aliphatic carbocycles. The van der Waals surface area contributed by atoms with E-state index in [4.69, 9.17) is 10.5 Å². The van der Waals surface area contributed by atoms with Gasteiger partial charge in [-0.05, 0) is 36.2 Å². The molecule has 2 N–H and O–H groups in total. The number of methoxy groups -OCH3 is 1. The van der Waals surface area contributed by atoms with Crippen molar-refractivity contribution in [2.45, 2.75) is 12.8 Å². The third-order valence-electron chi connectivity index (χ3n) is 3.83. The lowest BCUT2D eigenvalue weighted by atomic mass is 10.1. The summed E-state index contributed by atoms with van der Waals surface area (Å²) in [7, 11) is 1.62. The van der Waals surface area contributed by atoms with Gasteiger partial charge in [0.15, 0.2) is 0 Å². The molecule has 2 aromatic carbocycles. The van der Waals surface area contributed by atoms with Crippen LogP contribution in [0, 0.1) is 0 Å². The van der Waals surface area contributed by atoms with E-state index < -0.39 is 0 Å². The van der Waals surface area contributed by atoms with Crippen LogP contribution in [0.25, 0.3) is 0 Å². The maximum atomic E-state index is 12.6. The Balaban J connectivity index is 1.82. The summed E-state index contributed by atoms with van der Waals surface area (Å²) in [5, 5.41) is 0. The standard InChI is InChI=1S/C17H18N2O2/c1-21-16-5-3-2-4-13(16)11-17(20)19-9-8-12-10-14(18)6-7-15(12)19/h2-7,10H,8-9,11,18H2,1H3. The molecule has 3 rings (SSSR count). The molecular weight excluding hydrogens is 264 g/mol. The summed E-state index contributed by atoms with van der Waals surface area (Å²) in [5.41, 5.74) is 9.57. The van der Waals surface area contributed by atoms with Crippen molar-refractivity contribution in [2.75, 3.05) is 24.3 Å². The van der Waals surface area contributed by atoms with E-state index in [2.05, 4.69) is 0 Å². The van der Waals surface area contributed by atoms with E-state index in [1.807, 2.05) is 47.4 Å². The Bertz CT molecular complexity index is 682. The number of fused-ring (bicyclic) bond motifs is 1. The topological polar surface area (TPSA) is 55.6 Å². The van der Waals surface area contributed by atoms with Gasteiger partial charge < -0.3 is 15.4 Å². The average Bonchev–Trinajstić information content (AvgIpc) is 2.90. The van der Waals surface area contributed by atoms with Gasteiger partial charge in [-0.25, -0.2) is 0 Å². The minimum atomic E-state index is 0.0861. The van der Waals surface area contributed by atoms with Crippen molar-refractivity contribution in [3.05, 3.63) is 53.6 Å². The Morgan fingerprint density at radius 3 is 2.90 bits per heavy atom. The summed E-state index contributed by atoms with van der Waals surface area (Å²) < 4.78 is 5.31. The van der Waals surface area contributed by atoms with Crippen LogP contribution in [0.5, 0.6) is 5.75 Å². The molecule has 1 aliphatic rings. The molecule has 4 heteroatoms. The first kappa shape index (κ1) is 13.5. The summed E-state index contributed by atoms with van der Waals surface area (Å²) >= 11 is 0. The van der Waals surface area contributed by atoms with Gasteiger partial charge in [0.25, 0.3) is 0 Å². The van der Waals surface area contributed by atoms with Crippen molar-refractivity contribution in [3.63, 3.8) is 0 Å². The number of ether oxygens (including phenoxy) is 1. The van der Waals surface area contributed by atoms with Crippen molar-refractivity contribution in [2.24, 2.45) is 0 Å². The lowest BCUT2D eigenvalue weighted by Gasteiger charge is -2.18. The Kier molecular flexibility index (Phi) is 3.52. The molecule has 1 heterocycles. The van der Waals surface area contributed by atoms with Gasteiger partial charge in [0.05, 0.1) is 13.5 Å². The smallest absolute Gasteiger partial charge is 0.231 e. The van der Waals surface area contributed by atoms with Crippen LogP contribution in [-0.4, -0.2) is 19.6 Å². The highest BCUT2D eigenvalue weighted by molar-refractivity contribution is 5.97. The van der Waals surface area contributed by atoms with Crippen LogP contribution in [0.2, 0.25) is 0 Å². The van der Waals surface area contributed by atoms with Crippen LogP contribution in [0.1, 0.15) is 11.1 Å². The van der Waals surface area contributed by atoms with Gasteiger partial charge in [0, 0.05) is 23.5 Å². The molecule has 0 saturated carbocycles. The molecule has 1 aliphatic heterocycles. The molecule has 1 amide bonds. The summed E-state index contributed by atoms with van der Waals surface area (Å²) in [4.78, 5) is 14.4. The number of hydrogen-bond donors (Lipinski definition) is 1. The van der Waals surface area contributed by atoms with Gasteiger partial charge in [-0.3, -0.25) is 4.79 Å². The number of nitrogens with zero attached hydrogens (tertiary/aromatic N) is 1. The first-order valence-corrected chi connectivity index (χ1v) is 6.99. The normalized spacial score (nSPS) is 13.1. The summed E-state index contributed by atoms with van der Waals surface area (Å²) in [6, 6.07) is 13.3. The molecule has 0 spiro atoms. The van der Waals surface area contributed by atoms with E-state index in [1.165, 1.54) is 0 Å². The molecule has 0 atom stereocenters. The Morgan fingerprint density at radius 1 is 1.29 bits per heavy atom. The third kappa shape index (κ3) is 2.57. The highest BCUT2D eigenvalue weighted by Crippen LogP contribution is 2.30. The minimum absolute atomic E-state index is 0.0861. The van der Waals surface area contributed by atoms with Crippen LogP contribution in [-0.2, 0) is 17.6 Å². The molecule has 0 saturated heterocycles. The van der Waals surface area contributed by atoms with E-state index in [-0.39, 0.29) is 5.91 Å². The molecular formula is C17H18N2O2. The van der Waals surface area contributed by atoms with Crippen molar-refractivity contribution < 1.29 is 9.53 Å². The number of anilines is 2. The van der Waals surface area contributed by atoms with E-state index in [0.29, 0.717) is 13.0 Å². The van der Waals surface area contributed by atoms with Gasteiger partial charge in [0.1, 0.15) is 5.75 Å². The number of carbonyl (C=O) groups excluding carboxylic acids is 1. The van der Waals surface area contributed by atoms with E-state index >= 15 is 0 Å². The second-order valence-electron chi connectivity index (χ2n) is 5.17. The molecule has 108 valence electrons. The van der Waals surface area contributed by atoms with Gasteiger partial charge >= 0.3 is 0 Å². The molecule has 0 unspecified atom stereocenters. The number of benzene rings is 2. The Labute approximate surface area is 124 Å². The molecule has 0 radical (unpaired) electrons. The molecule has 0 aromatic heterocycles. The van der Waals surface area contributed by atoms with E-state index in [9.17, 15) is 4.79 Å². The van der Waals surface area contributed by atoms with Crippen LogP contribution in [0.15, 0.2) is 42.5 Å². The van der Waals surface area contributed by atoms with Crippen LogP contribution in [0.4, 0.5) is 11.4 Å². The highest BCUT2D eigenvalue weighted by Gasteiger charge is 2.25.